The van der Waals surface area contributed by atoms with Crippen LogP contribution in [0.5, 0.6) is 0 Å². The highest BCUT2D eigenvalue weighted by molar-refractivity contribution is 14.1. The maximum Gasteiger partial charge on any atom is 0.137 e. The number of benzene rings is 1. The van der Waals surface area contributed by atoms with Gasteiger partial charge in [0.25, 0.3) is 0 Å². The number of carbonyl (C=O) groups is 1. The van der Waals surface area contributed by atoms with E-state index in [1.165, 1.54) is 20.4 Å². The molecule has 1 aromatic carbocycles. The van der Waals surface area contributed by atoms with Crippen LogP contribution >= 0.6 is 22.6 Å². The fourth-order valence-electron chi connectivity index (χ4n) is 2.68. The average Bonchev–Trinajstić information content (AvgIpc) is 2.28. The first-order chi connectivity index (χ1) is 8.49. The highest BCUT2D eigenvalue weighted by atomic mass is 127. The Kier molecular flexibility index (Phi) is 4.30. The van der Waals surface area contributed by atoms with Crippen LogP contribution in [0.15, 0.2) is 12.1 Å². The third kappa shape index (κ3) is 2.87. The van der Waals surface area contributed by atoms with Crippen LogP contribution < -0.4 is 5.32 Å². The van der Waals surface area contributed by atoms with Crippen LogP contribution in [0.25, 0.3) is 0 Å². The zero-order valence-corrected chi connectivity index (χ0v) is 13.4. The molecule has 0 spiro atoms. The van der Waals surface area contributed by atoms with Crippen molar-refractivity contribution in [2.45, 2.75) is 46.1 Å². The van der Waals surface area contributed by atoms with E-state index in [2.05, 4.69) is 60.8 Å². The second-order valence-electron chi connectivity index (χ2n) is 5.34. The van der Waals surface area contributed by atoms with Crippen molar-refractivity contribution in [3.8, 4) is 0 Å². The third-order valence-corrected chi connectivity index (χ3v) is 4.66. The molecule has 0 heterocycles. The van der Waals surface area contributed by atoms with E-state index < -0.39 is 0 Å². The first-order valence-electron chi connectivity index (χ1n) is 6.55. The third-order valence-electron chi connectivity index (χ3n) is 3.81. The van der Waals surface area contributed by atoms with Crippen molar-refractivity contribution in [2.24, 2.45) is 5.92 Å². The zero-order valence-electron chi connectivity index (χ0n) is 11.2. The fraction of sp³-hybridized carbons (Fsp3) is 0.533. The summed E-state index contributed by atoms with van der Waals surface area (Å²) >= 11 is 2.37. The van der Waals surface area contributed by atoms with Gasteiger partial charge in [-0.15, -0.1) is 0 Å². The molecule has 0 bridgehead atoms. The first kappa shape index (κ1) is 13.8. The highest BCUT2D eigenvalue weighted by Gasteiger charge is 2.28. The maximum absolute atomic E-state index is 11.8. The van der Waals surface area contributed by atoms with Crippen LogP contribution in [-0.2, 0) is 4.79 Å². The number of hydrogen-bond donors (Lipinski definition) is 1. The SMILES string of the molecule is Cc1cc(C)c(NC2CCCC(=O)C2C)c(I)c1. The molecule has 1 aliphatic rings. The minimum Gasteiger partial charge on any atom is -0.381 e. The molecule has 3 heteroatoms. The Bertz CT molecular complexity index is 447. The first-order valence-corrected chi connectivity index (χ1v) is 7.63. The summed E-state index contributed by atoms with van der Waals surface area (Å²) in [6.45, 7) is 6.30. The smallest absolute Gasteiger partial charge is 0.137 e. The molecule has 0 aliphatic heterocycles. The van der Waals surface area contributed by atoms with Gasteiger partial charge in [-0.2, -0.15) is 0 Å². The van der Waals surface area contributed by atoms with E-state index in [-0.39, 0.29) is 5.92 Å². The molecule has 0 aromatic heterocycles. The second kappa shape index (κ2) is 5.59. The monoisotopic (exact) mass is 357 g/mol. The number of anilines is 1. The van der Waals surface area contributed by atoms with Gasteiger partial charge in [0.1, 0.15) is 5.78 Å². The normalized spacial score (nSPS) is 24.1. The molecular weight excluding hydrogens is 337 g/mol. The van der Waals surface area contributed by atoms with E-state index in [1.54, 1.807) is 0 Å². The Hall–Kier alpha value is -0.580. The van der Waals surface area contributed by atoms with Crippen molar-refractivity contribution in [1.29, 1.82) is 0 Å². The second-order valence-corrected chi connectivity index (χ2v) is 6.50. The summed E-state index contributed by atoms with van der Waals surface area (Å²) in [5.41, 5.74) is 3.76. The lowest BCUT2D eigenvalue weighted by Gasteiger charge is -2.30. The van der Waals surface area contributed by atoms with Crippen molar-refractivity contribution >= 4 is 34.1 Å². The van der Waals surface area contributed by atoms with Gasteiger partial charge in [-0.1, -0.05) is 13.0 Å². The van der Waals surface area contributed by atoms with Crippen LogP contribution in [0.1, 0.15) is 37.3 Å². The number of aryl methyl sites for hydroxylation is 2. The Balaban J connectivity index is 2.21. The van der Waals surface area contributed by atoms with Gasteiger partial charge in [-0.05, 0) is 66.5 Å². The molecule has 2 rings (SSSR count). The molecule has 18 heavy (non-hydrogen) atoms. The minimum absolute atomic E-state index is 0.134. The molecule has 1 fully saturated rings. The number of hydrogen-bond acceptors (Lipinski definition) is 2. The van der Waals surface area contributed by atoms with E-state index in [1.807, 2.05) is 0 Å². The van der Waals surface area contributed by atoms with E-state index in [4.69, 9.17) is 0 Å². The van der Waals surface area contributed by atoms with Crippen molar-refractivity contribution < 1.29 is 4.79 Å². The number of ketones is 1. The van der Waals surface area contributed by atoms with Gasteiger partial charge in [-0.3, -0.25) is 4.79 Å². The maximum atomic E-state index is 11.8. The lowest BCUT2D eigenvalue weighted by Crippen LogP contribution is -2.36. The molecule has 1 aromatic rings. The van der Waals surface area contributed by atoms with Crippen molar-refractivity contribution in [3.05, 3.63) is 26.8 Å². The topological polar surface area (TPSA) is 29.1 Å². The number of Topliss-reactive ketones (excluding diaryl/α,β-unsaturated/α-hetero) is 1. The molecule has 98 valence electrons. The summed E-state index contributed by atoms with van der Waals surface area (Å²) < 4.78 is 1.25. The summed E-state index contributed by atoms with van der Waals surface area (Å²) in [7, 11) is 0. The molecular formula is C15H20INO. The molecule has 1 saturated carbocycles. The average molecular weight is 357 g/mol. The lowest BCUT2D eigenvalue weighted by molar-refractivity contribution is -0.124. The van der Waals surface area contributed by atoms with Crippen LogP contribution in [0.2, 0.25) is 0 Å². The standard InChI is InChI=1S/C15H20INO/c1-9-7-10(2)15(12(16)8-9)17-13-5-4-6-14(18)11(13)3/h7-8,11,13,17H,4-6H2,1-3H3. The summed E-state index contributed by atoms with van der Waals surface area (Å²) in [5, 5.41) is 3.60. The summed E-state index contributed by atoms with van der Waals surface area (Å²) in [6.07, 6.45) is 2.86. The predicted molar refractivity (Wildman–Crippen MR) is 84.1 cm³/mol. The van der Waals surface area contributed by atoms with Gasteiger partial charge >= 0.3 is 0 Å². The Morgan fingerprint density at radius 2 is 2.06 bits per heavy atom. The molecule has 2 atom stereocenters. The lowest BCUT2D eigenvalue weighted by atomic mass is 9.84. The summed E-state index contributed by atoms with van der Waals surface area (Å²) in [4.78, 5) is 11.8. The molecule has 2 nitrogen and oxygen atoms in total. The van der Waals surface area contributed by atoms with Crippen molar-refractivity contribution in [1.82, 2.24) is 0 Å². The zero-order chi connectivity index (χ0) is 13.3. The van der Waals surface area contributed by atoms with E-state index in [0.717, 1.165) is 19.3 Å². The van der Waals surface area contributed by atoms with Gasteiger partial charge in [0, 0.05) is 22.0 Å². The largest absolute Gasteiger partial charge is 0.381 e. The van der Waals surface area contributed by atoms with Gasteiger partial charge < -0.3 is 5.32 Å². The molecule has 0 radical (unpaired) electrons. The number of carbonyl (C=O) groups excluding carboxylic acids is 1. The van der Waals surface area contributed by atoms with Crippen LogP contribution in [0, 0.1) is 23.3 Å². The summed E-state index contributed by atoms with van der Waals surface area (Å²) in [5.74, 6) is 0.536. The van der Waals surface area contributed by atoms with E-state index in [0.29, 0.717) is 11.8 Å². The fourth-order valence-corrected chi connectivity index (χ4v) is 3.75. The molecule has 0 amide bonds. The highest BCUT2D eigenvalue weighted by Crippen LogP contribution is 2.29. The number of nitrogens with one attached hydrogen (secondary N) is 1. The van der Waals surface area contributed by atoms with Crippen LogP contribution in [-0.4, -0.2) is 11.8 Å². The number of halogens is 1. The van der Waals surface area contributed by atoms with Gasteiger partial charge in [0.05, 0.1) is 5.69 Å². The van der Waals surface area contributed by atoms with E-state index in [9.17, 15) is 4.79 Å². The molecule has 1 aliphatic carbocycles. The van der Waals surface area contributed by atoms with Crippen LogP contribution in [0.3, 0.4) is 0 Å². The van der Waals surface area contributed by atoms with Crippen LogP contribution in [0.4, 0.5) is 5.69 Å². The Morgan fingerprint density at radius 1 is 1.33 bits per heavy atom. The van der Waals surface area contributed by atoms with Gasteiger partial charge in [-0.25, -0.2) is 0 Å². The molecule has 0 saturated heterocycles. The number of rotatable bonds is 2. The van der Waals surface area contributed by atoms with E-state index >= 15 is 0 Å². The Morgan fingerprint density at radius 3 is 2.72 bits per heavy atom. The molecule has 2 unspecified atom stereocenters. The van der Waals surface area contributed by atoms with Crippen molar-refractivity contribution in [3.63, 3.8) is 0 Å². The van der Waals surface area contributed by atoms with Gasteiger partial charge in [0.15, 0.2) is 0 Å². The van der Waals surface area contributed by atoms with Crippen molar-refractivity contribution in [2.75, 3.05) is 5.32 Å². The quantitative estimate of drug-likeness (QED) is 0.809. The Labute approximate surface area is 123 Å². The molecule has 1 N–H and O–H groups in total. The summed E-state index contributed by atoms with van der Waals surface area (Å²) in [6, 6.07) is 4.67. The van der Waals surface area contributed by atoms with Gasteiger partial charge in [0.2, 0.25) is 0 Å². The predicted octanol–water partition coefficient (Wildman–Crippen LogP) is 4.08. The minimum atomic E-state index is 0.134.